The van der Waals surface area contributed by atoms with Crippen molar-refractivity contribution in [2.45, 2.75) is 0 Å². The molecule has 0 radical (unpaired) electrons. The third-order valence-corrected chi connectivity index (χ3v) is 3.07. The topological polar surface area (TPSA) is 37.8 Å². The van der Waals surface area contributed by atoms with Gasteiger partial charge in [0.15, 0.2) is 0 Å². The van der Waals surface area contributed by atoms with Crippen molar-refractivity contribution in [1.29, 1.82) is 0 Å². The molecule has 0 amide bonds. The highest BCUT2D eigenvalue weighted by Crippen LogP contribution is 2.17. The monoisotopic (exact) mass is 265 g/mol. The largest absolute Gasteiger partial charge is 0.345 e. The van der Waals surface area contributed by atoms with Crippen LogP contribution in [0, 0.1) is 0 Å². The van der Waals surface area contributed by atoms with E-state index in [0.29, 0.717) is 4.99 Å². The van der Waals surface area contributed by atoms with Crippen LogP contribution in [0.25, 0.3) is 10.9 Å². The van der Waals surface area contributed by atoms with Crippen molar-refractivity contribution in [2.75, 3.05) is 5.32 Å². The van der Waals surface area contributed by atoms with Gasteiger partial charge in [0, 0.05) is 23.5 Å². The summed E-state index contributed by atoms with van der Waals surface area (Å²) in [4.78, 5) is 9.12. The highest BCUT2D eigenvalue weighted by molar-refractivity contribution is 7.81. The number of fused-ring (bicyclic) bond motifs is 1. The van der Waals surface area contributed by atoms with E-state index >= 15 is 0 Å². The van der Waals surface area contributed by atoms with Gasteiger partial charge in [0.25, 0.3) is 0 Å². The maximum atomic E-state index is 5.34. The van der Waals surface area contributed by atoms with Crippen molar-refractivity contribution in [3.05, 3.63) is 66.6 Å². The lowest BCUT2D eigenvalue weighted by molar-refractivity contribution is 1.30. The first-order valence-electron chi connectivity index (χ1n) is 5.90. The van der Waals surface area contributed by atoms with Crippen molar-refractivity contribution in [3.63, 3.8) is 0 Å². The number of benzene rings is 1. The second-order valence-corrected chi connectivity index (χ2v) is 4.49. The lowest BCUT2D eigenvalue weighted by Crippen LogP contribution is -2.11. The van der Waals surface area contributed by atoms with Crippen molar-refractivity contribution in [1.82, 2.24) is 9.97 Å². The highest BCUT2D eigenvalue weighted by atomic mass is 32.1. The molecule has 0 saturated carbocycles. The first kappa shape index (κ1) is 11.7. The van der Waals surface area contributed by atoms with Crippen molar-refractivity contribution >= 4 is 33.8 Å². The van der Waals surface area contributed by atoms with E-state index in [2.05, 4.69) is 15.3 Å². The van der Waals surface area contributed by atoms with Crippen molar-refractivity contribution in [3.8, 4) is 0 Å². The van der Waals surface area contributed by atoms with Gasteiger partial charge in [-0.2, -0.15) is 0 Å². The summed E-state index contributed by atoms with van der Waals surface area (Å²) in [5, 5.41) is 4.27. The summed E-state index contributed by atoms with van der Waals surface area (Å²) in [7, 11) is 0. The minimum Gasteiger partial charge on any atom is -0.345 e. The van der Waals surface area contributed by atoms with Gasteiger partial charge in [-0.1, -0.05) is 24.4 Å². The Morgan fingerprint density at radius 2 is 1.84 bits per heavy atom. The van der Waals surface area contributed by atoms with E-state index in [9.17, 15) is 0 Å². The molecule has 0 bridgehead atoms. The zero-order chi connectivity index (χ0) is 13.1. The second kappa shape index (κ2) is 5.12. The molecule has 0 fully saturated rings. The maximum Gasteiger partial charge on any atom is 0.129 e. The van der Waals surface area contributed by atoms with Crippen molar-refractivity contribution < 1.29 is 0 Å². The lowest BCUT2D eigenvalue weighted by Gasteiger charge is -2.08. The molecule has 0 unspecified atom stereocenters. The van der Waals surface area contributed by atoms with Crippen LogP contribution in [0.5, 0.6) is 0 Å². The number of thiocarbonyl (C=S) groups is 1. The Morgan fingerprint density at radius 1 is 0.947 bits per heavy atom. The third-order valence-electron chi connectivity index (χ3n) is 2.76. The molecule has 19 heavy (non-hydrogen) atoms. The summed E-state index contributed by atoms with van der Waals surface area (Å²) >= 11 is 5.34. The van der Waals surface area contributed by atoms with Crippen LogP contribution in [0.1, 0.15) is 5.69 Å². The number of aromatic nitrogens is 2. The molecule has 1 N–H and O–H groups in total. The fourth-order valence-electron chi connectivity index (χ4n) is 1.85. The van der Waals surface area contributed by atoms with E-state index in [-0.39, 0.29) is 0 Å². The molecule has 0 aliphatic carbocycles. The predicted octanol–water partition coefficient (Wildman–Crippen LogP) is 3.42. The van der Waals surface area contributed by atoms with Gasteiger partial charge in [0.05, 0.1) is 11.2 Å². The molecule has 2 aromatic heterocycles. The van der Waals surface area contributed by atoms with Crippen LogP contribution in [0.2, 0.25) is 0 Å². The van der Waals surface area contributed by atoms with Crippen LogP contribution < -0.4 is 5.32 Å². The molecule has 3 aromatic rings. The Labute approximate surface area is 116 Å². The van der Waals surface area contributed by atoms with Gasteiger partial charge in [-0.15, -0.1) is 0 Å². The van der Waals surface area contributed by atoms with Gasteiger partial charge in [0.1, 0.15) is 4.99 Å². The van der Waals surface area contributed by atoms with E-state index in [0.717, 1.165) is 22.3 Å². The first-order valence-corrected chi connectivity index (χ1v) is 6.31. The van der Waals surface area contributed by atoms with Crippen LogP contribution in [0.3, 0.4) is 0 Å². The van der Waals surface area contributed by atoms with Crippen LogP contribution in [-0.4, -0.2) is 15.0 Å². The summed E-state index contributed by atoms with van der Waals surface area (Å²) < 4.78 is 0. The molecule has 1 aromatic carbocycles. The normalized spacial score (nSPS) is 10.3. The molecule has 2 heterocycles. The quantitative estimate of drug-likeness (QED) is 0.720. The molecule has 0 aliphatic heterocycles. The summed E-state index contributed by atoms with van der Waals surface area (Å²) in [6.07, 6.45) is 3.52. The first-order chi connectivity index (χ1) is 9.33. The minimum absolute atomic E-state index is 0.615. The summed E-state index contributed by atoms with van der Waals surface area (Å²) in [5.74, 6) is 0. The number of pyridine rings is 2. The van der Waals surface area contributed by atoms with E-state index < -0.39 is 0 Å². The molecular weight excluding hydrogens is 254 g/mol. The van der Waals surface area contributed by atoms with Gasteiger partial charge >= 0.3 is 0 Å². The Balaban J connectivity index is 1.87. The number of nitrogens with zero attached hydrogens (tertiary/aromatic N) is 2. The molecule has 92 valence electrons. The van der Waals surface area contributed by atoms with Gasteiger partial charge in [-0.3, -0.25) is 9.97 Å². The molecule has 0 atom stereocenters. The lowest BCUT2D eigenvalue weighted by atomic mass is 10.2. The predicted molar refractivity (Wildman–Crippen MR) is 81.3 cm³/mol. The SMILES string of the molecule is S=C(Nc1ccc2ncccc2c1)c1ccccn1. The number of hydrogen-bond acceptors (Lipinski definition) is 3. The van der Waals surface area contributed by atoms with Gasteiger partial charge in [-0.05, 0) is 36.4 Å². The molecule has 0 spiro atoms. The Hall–Kier alpha value is -2.33. The van der Waals surface area contributed by atoms with E-state index in [1.165, 1.54) is 0 Å². The minimum atomic E-state index is 0.615. The number of anilines is 1. The fourth-order valence-corrected chi connectivity index (χ4v) is 2.08. The summed E-state index contributed by atoms with van der Waals surface area (Å²) in [6, 6.07) is 15.6. The van der Waals surface area contributed by atoms with E-state index in [1.807, 2.05) is 48.5 Å². The second-order valence-electron chi connectivity index (χ2n) is 4.08. The van der Waals surface area contributed by atoms with Crippen LogP contribution in [0.15, 0.2) is 60.9 Å². The Morgan fingerprint density at radius 3 is 2.68 bits per heavy atom. The molecule has 0 saturated heterocycles. The summed E-state index contributed by atoms with van der Waals surface area (Å²) in [5.41, 5.74) is 2.68. The Bertz CT molecular complexity index is 726. The zero-order valence-corrected chi connectivity index (χ0v) is 10.9. The molecule has 3 rings (SSSR count). The van der Waals surface area contributed by atoms with Crippen LogP contribution in [-0.2, 0) is 0 Å². The molecule has 4 heteroatoms. The average molecular weight is 265 g/mol. The maximum absolute atomic E-state index is 5.34. The van der Waals surface area contributed by atoms with Crippen LogP contribution in [0.4, 0.5) is 5.69 Å². The highest BCUT2D eigenvalue weighted by Gasteiger charge is 2.03. The van der Waals surface area contributed by atoms with Gasteiger partial charge in [0.2, 0.25) is 0 Å². The smallest absolute Gasteiger partial charge is 0.129 e. The number of rotatable bonds is 2. The van der Waals surface area contributed by atoms with Gasteiger partial charge < -0.3 is 5.32 Å². The average Bonchev–Trinajstić information content (AvgIpc) is 2.48. The Kier molecular flexibility index (Phi) is 3.16. The molecule has 0 aliphatic rings. The molecular formula is C15H11N3S. The van der Waals surface area contributed by atoms with Crippen molar-refractivity contribution in [2.24, 2.45) is 0 Å². The molecule has 3 nitrogen and oxygen atoms in total. The zero-order valence-electron chi connectivity index (χ0n) is 10.1. The van der Waals surface area contributed by atoms with E-state index in [1.54, 1.807) is 12.4 Å². The van der Waals surface area contributed by atoms with E-state index in [4.69, 9.17) is 12.2 Å². The summed E-state index contributed by atoms with van der Waals surface area (Å²) in [6.45, 7) is 0. The van der Waals surface area contributed by atoms with Crippen LogP contribution >= 0.6 is 12.2 Å². The van der Waals surface area contributed by atoms with Gasteiger partial charge in [-0.25, -0.2) is 0 Å². The standard InChI is InChI=1S/C15H11N3S/c19-15(14-5-1-2-8-17-14)18-12-6-7-13-11(10-12)4-3-9-16-13/h1-10H,(H,18,19). The number of nitrogens with one attached hydrogen (secondary N) is 1. The third kappa shape index (κ3) is 2.58. The number of hydrogen-bond donors (Lipinski definition) is 1. The fraction of sp³-hybridized carbons (Fsp3) is 0.